The molecule has 2 rings (SSSR count). The zero-order valence-corrected chi connectivity index (χ0v) is 8.32. The van der Waals surface area contributed by atoms with Crippen molar-refractivity contribution < 1.29 is 13.9 Å². The highest BCUT2D eigenvalue weighted by Crippen LogP contribution is 2.27. The molecule has 0 N–H and O–H groups in total. The van der Waals surface area contributed by atoms with Gasteiger partial charge in [-0.1, -0.05) is 18.7 Å². The van der Waals surface area contributed by atoms with Gasteiger partial charge >= 0.3 is 5.97 Å². The SMILES string of the molecule is C=C(C)C(=O)Oc1coc2ccccc12. The standard InChI is InChI=1S/C12H10O3/c1-8(2)12(13)15-11-7-14-10-6-4-3-5-9(10)11/h3-7H,1H2,2H3. The van der Waals surface area contributed by atoms with Gasteiger partial charge in [0.15, 0.2) is 5.75 Å². The lowest BCUT2D eigenvalue weighted by molar-refractivity contribution is -0.130. The van der Waals surface area contributed by atoms with Crippen LogP contribution in [0.5, 0.6) is 5.75 Å². The van der Waals surface area contributed by atoms with Gasteiger partial charge in [-0.25, -0.2) is 4.79 Å². The highest BCUT2D eigenvalue weighted by atomic mass is 16.5. The first-order valence-corrected chi connectivity index (χ1v) is 4.52. The van der Waals surface area contributed by atoms with Gasteiger partial charge in [-0.2, -0.15) is 0 Å². The van der Waals surface area contributed by atoms with Crippen LogP contribution in [0.2, 0.25) is 0 Å². The van der Waals surface area contributed by atoms with Gasteiger partial charge in [0.25, 0.3) is 0 Å². The lowest BCUT2D eigenvalue weighted by atomic mass is 10.2. The van der Waals surface area contributed by atoms with Crippen molar-refractivity contribution in [2.75, 3.05) is 0 Å². The summed E-state index contributed by atoms with van der Waals surface area (Å²) in [5.74, 6) is -0.0137. The molecular weight excluding hydrogens is 192 g/mol. The fraction of sp³-hybridized carbons (Fsp3) is 0.0833. The lowest BCUT2D eigenvalue weighted by Gasteiger charge is -1.99. The first-order valence-electron chi connectivity index (χ1n) is 4.52. The number of para-hydroxylation sites is 1. The maximum absolute atomic E-state index is 11.3. The highest BCUT2D eigenvalue weighted by molar-refractivity contribution is 5.92. The molecule has 0 atom stereocenters. The maximum Gasteiger partial charge on any atom is 0.338 e. The number of benzene rings is 1. The van der Waals surface area contributed by atoms with Crippen molar-refractivity contribution in [1.29, 1.82) is 0 Å². The van der Waals surface area contributed by atoms with Crippen LogP contribution in [0.25, 0.3) is 11.0 Å². The molecule has 0 fully saturated rings. The summed E-state index contributed by atoms with van der Waals surface area (Å²) in [5.41, 5.74) is 1.06. The average Bonchev–Trinajstić information content (AvgIpc) is 2.62. The molecular formula is C12H10O3. The van der Waals surface area contributed by atoms with Crippen molar-refractivity contribution in [2.24, 2.45) is 0 Å². The van der Waals surface area contributed by atoms with E-state index in [2.05, 4.69) is 6.58 Å². The molecule has 76 valence electrons. The fourth-order valence-corrected chi connectivity index (χ4v) is 1.22. The van der Waals surface area contributed by atoms with E-state index in [1.165, 1.54) is 6.26 Å². The molecule has 0 aliphatic heterocycles. The van der Waals surface area contributed by atoms with Crippen LogP contribution in [0.3, 0.4) is 0 Å². The summed E-state index contributed by atoms with van der Waals surface area (Å²) in [6, 6.07) is 7.36. The van der Waals surface area contributed by atoms with Crippen molar-refractivity contribution in [3.05, 3.63) is 42.7 Å². The molecule has 1 aromatic heterocycles. The zero-order valence-electron chi connectivity index (χ0n) is 8.32. The summed E-state index contributed by atoms with van der Waals surface area (Å²) in [6.07, 6.45) is 1.42. The minimum atomic E-state index is -0.443. The second-order valence-corrected chi connectivity index (χ2v) is 3.27. The first-order chi connectivity index (χ1) is 7.18. The molecule has 3 heteroatoms. The molecule has 15 heavy (non-hydrogen) atoms. The minimum Gasteiger partial charge on any atom is -0.460 e. The molecule has 0 saturated carbocycles. The molecule has 0 spiro atoms. The van der Waals surface area contributed by atoms with E-state index in [9.17, 15) is 4.79 Å². The van der Waals surface area contributed by atoms with Crippen LogP contribution < -0.4 is 4.74 Å². The highest BCUT2D eigenvalue weighted by Gasteiger charge is 2.10. The molecule has 0 amide bonds. The Labute approximate surface area is 87.0 Å². The topological polar surface area (TPSA) is 39.4 Å². The van der Waals surface area contributed by atoms with Crippen LogP contribution in [0.4, 0.5) is 0 Å². The Morgan fingerprint density at radius 3 is 2.87 bits per heavy atom. The van der Waals surface area contributed by atoms with Gasteiger partial charge in [0, 0.05) is 5.57 Å². The van der Waals surface area contributed by atoms with E-state index in [0.29, 0.717) is 16.9 Å². The summed E-state index contributed by atoms with van der Waals surface area (Å²) in [5, 5.41) is 0.784. The minimum absolute atomic E-state index is 0.361. The van der Waals surface area contributed by atoms with Gasteiger partial charge in [0.2, 0.25) is 0 Å². The Hall–Kier alpha value is -2.03. The number of carbonyl (C=O) groups excluding carboxylic acids is 1. The Kier molecular flexibility index (Phi) is 2.29. The fourth-order valence-electron chi connectivity index (χ4n) is 1.22. The third-order valence-electron chi connectivity index (χ3n) is 2.00. The third kappa shape index (κ3) is 1.76. The second kappa shape index (κ2) is 3.61. The number of esters is 1. The summed E-state index contributed by atoms with van der Waals surface area (Å²) in [6.45, 7) is 5.11. The van der Waals surface area contributed by atoms with Crippen LogP contribution in [0.1, 0.15) is 6.92 Å². The quantitative estimate of drug-likeness (QED) is 0.555. The summed E-state index contributed by atoms with van der Waals surface area (Å²) < 4.78 is 10.3. The van der Waals surface area contributed by atoms with Crippen LogP contribution >= 0.6 is 0 Å². The van der Waals surface area contributed by atoms with Crippen molar-refractivity contribution >= 4 is 16.9 Å². The van der Waals surface area contributed by atoms with Crippen LogP contribution in [0.15, 0.2) is 47.1 Å². The van der Waals surface area contributed by atoms with E-state index in [4.69, 9.17) is 9.15 Å². The predicted molar refractivity (Wildman–Crippen MR) is 56.7 cm³/mol. The van der Waals surface area contributed by atoms with Crippen LogP contribution in [-0.4, -0.2) is 5.97 Å². The molecule has 0 aliphatic carbocycles. The number of carbonyl (C=O) groups is 1. The summed E-state index contributed by atoms with van der Waals surface area (Å²) in [7, 11) is 0. The number of hydrogen-bond donors (Lipinski definition) is 0. The van der Waals surface area contributed by atoms with Crippen molar-refractivity contribution in [2.45, 2.75) is 6.92 Å². The third-order valence-corrected chi connectivity index (χ3v) is 2.00. The van der Waals surface area contributed by atoms with Gasteiger partial charge in [0.1, 0.15) is 11.8 Å². The molecule has 0 saturated heterocycles. The Bertz CT molecular complexity index is 522. The van der Waals surface area contributed by atoms with Crippen molar-refractivity contribution in [3.63, 3.8) is 0 Å². The summed E-state index contributed by atoms with van der Waals surface area (Å²) >= 11 is 0. The van der Waals surface area contributed by atoms with E-state index >= 15 is 0 Å². The van der Waals surface area contributed by atoms with E-state index in [0.717, 1.165) is 5.39 Å². The Morgan fingerprint density at radius 1 is 1.40 bits per heavy atom. The number of fused-ring (bicyclic) bond motifs is 1. The Balaban J connectivity index is 2.37. The molecule has 0 unspecified atom stereocenters. The lowest BCUT2D eigenvalue weighted by Crippen LogP contribution is -2.07. The predicted octanol–water partition coefficient (Wildman–Crippen LogP) is 2.91. The van der Waals surface area contributed by atoms with E-state index in [1.807, 2.05) is 24.3 Å². The van der Waals surface area contributed by atoms with Gasteiger partial charge in [0.05, 0.1) is 5.39 Å². The first kappa shape index (κ1) is 9.52. The van der Waals surface area contributed by atoms with Gasteiger partial charge in [-0.05, 0) is 19.1 Å². The molecule has 1 heterocycles. The largest absolute Gasteiger partial charge is 0.460 e. The maximum atomic E-state index is 11.3. The second-order valence-electron chi connectivity index (χ2n) is 3.27. The molecule has 1 aromatic carbocycles. The molecule has 2 aromatic rings. The normalized spacial score (nSPS) is 10.2. The number of rotatable bonds is 2. The van der Waals surface area contributed by atoms with Gasteiger partial charge in [-0.15, -0.1) is 0 Å². The van der Waals surface area contributed by atoms with Crippen LogP contribution in [-0.2, 0) is 4.79 Å². The summed E-state index contributed by atoms with van der Waals surface area (Å²) in [4.78, 5) is 11.3. The van der Waals surface area contributed by atoms with Gasteiger partial charge in [-0.3, -0.25) is 0 Å². The monoisotopic (exact) mass is 202 g/mol. The van der Waals surface area contributed by atoms with E-state index in [1.54, 1.807) is 6.92 Å². The molecule has 0 bridgehead atoms. The Morgan fingerprint density at radius 2 is 2.13 bits per heavy atom. The van der Waals surface area contributed by atoms with Crippen LogP contribution in [0, 0.1) is 0 Å². The molecule has 0 radical (unpaired) electrons. The smallest absolute Gasteiger partial charge is 0.338 e. The van der Waals surface area contributed by atoms with Crippen molar-refractivity contribution in [1.82, 2.24) is 0 Å². The number of ether oxygens (including phenoxy) is 1. The molecule has 0 aliphatic rings. The number of hydrogen-bond acceptors (Lipinski definition) is 3. The number of furan rings is 1. The van der Waals surface area contributed by atoms with Gasteiger partial charge < -0.3 is 9.15 Å². The average molecular weight is 202 g/mol. The van der Waals surface area contributed by atoms with Crippen molar-refractivity contribution in [3.8, 4) is 5.75 Å². The zero-order chi connectivity index (χ0) is 10.8. The van der Waals surface area contributed by atoms with E-state index in [-0.39, 0.29) is 0 Å². The van der Waals surface area contributed by atoms with E-state index < -0.39 is 5.97 Å². The molecule has 3 nitrogen and oxygen atoms in total.